The topological polar surface area (TPSA) is 34.2 Å². The van der Waals surface area contributed by atoms with Crippen LogP contribution < -0.4 is 14.2 Å². The van der Waals surface area contributed by atoms with E-state index in [1.807, 2.05) is 43.4 Å². The van der Waals surface area contributed by atoms with Gasteiger partial charge in [-0.1, -0.05) is 0 Å². The third-order valence-corrected chi connectivity index (χ3v) is 4.50. The Kier molecular flexibility index (Phi) is 4.04. The molecule has 6 heteroatoms. The van der Waals surface area contributed by atoms with Crippen LogP contribution in [0.2, 0.25) is 0 Å². The molecule has 0 unspecified atom stereocenters. The largest absolute Gasteiger partial charge is 0.478 e. The maximum atomic E-state index is 6.03. The quantitative estimate of drug-likeness (QED) is 0.542. The zero-order valence-electron chi connectivity index (χ0n) is 12.8. The Morgan fingerprint density at radius 3 is 2.22 bits per heavy atom. The summed E-state index contributed by atoms with van der Waals surface area (Å²) in [4.78, 5) is 2.12. The fraction of sp³-hybridized carbons (Fsp3) is 0.294. The highest BCUT2D eigenvalue weighted by atomic mass is 127. The number of hydrogen-bond acceptors (Lipinski definition) is 5. The molecule has 0 atom stereocenters. The normalized spacial score (nSPS) is 17.7. The van der Waals surface area contributed by atoms with E-state index in [-0.39, 0.29) is 0 Å². The summed E-state index contributed by atoms with van der Waals surface area (Å²) in [5.74, 6) is 3.52. The minimum Gasteiger partial charge on any atom is -0.478 e. The maximum Gasteiger partial charge on any atom is 0.150 e. The first-order valence-electron chi connectivity index (χ1n) is 7.46. The second-order valence-electron chi connectivity index (χ2n) is 5.82. The predicted octanol–water partition coefficient (Wildman–Crippen LogP) is 3.76. The van der Waals surface area contributed by atoms with Crippen LogP contribution in [0.5, 0.6) is 23.0 Å². The Hall–Kier alpha value is -1.51. The van der Waals surface area contributed by atoms with Crippen LogP contribution >= 0.6 is 22.9 Å². The summed E-state index contributed by atoms with van der Waals surface area (Å²) in [7, 11) is 2.04. The van der Waals surface area contributed by atoms with Gasteiger partial charge in [-0.3, -0.25) is 4.90 Å². The number of halogens is 1. The molecule has 0 bridgehead atoms. The lowest BCUT2D eigenvalue weighted by Gasteiger charge is -2.26. The van der Waals surface area contributed by atoms with Crippen molar-refractivity contribution in [2.45, 2.75) is 13.1 Å². The first kappa shape index (κ1) is 15.0. The Bertz CT molecular complexity index is 676. The van der Waals surface area contributed by atoms with E-state index >= 15 is 0 Å². The van der Waals surface area contributed by atoms with Gasteiger partial charge in [-0.15, -0.1) is 0 Å². The van der Waals surface area contributed by atoms with Crippen molar-refractivity contribution in [3.63, 3.8) is 0 Å². The van der Waals surface area contributed by atoms with Crippen LogP contribution in [0.15, 0.2) is 36.4 Å². The van der Waals surface area contributed by atoms with E-state index in [0.29, 0.717) is 13.5 Å². The SMILES string of the molecule is CN1COc2ccc(Oc3ccc4c(c3)CN(I)CO4)cc2C1. The molecular formula is C17H17IN2O3. The monoisotopic (exact) mass is 424 g/mol. The van der Waals surface area contributed by atoms with Crippen molar-refractivity contribution < 1.29 is 14.2 Å². The lowest BCUT2D eigenvalue weighted by Crippen LogP contribution is -2.27. The van der Waals surface area contributed by atoms with E-state index in [0.717, 1.165) is 47.2 Å². The van der Waals surface area contributed by atoms with Crippen molar-refractivity contribution in [2.24, 2.45) is 0 Å². The summed E-state index contributed by atoms with van der Waals surface area (Å²) in [5, 5.41) is 0. The molecule has 23 heavy (non-hydrogen) atoms. The molecule has 0 amide bonds. The smallest absolute Gasteiger partial charge is 0.150 e. The Morgan fingerprint density at radius 2 is 1.52 bits per heavy atom. The number of rotatable bonds is 2. The van der Waals surface area contributed by atoms with Crippen molar-refractivity contribution in [3.8, 4) is 23.0 Å². The standard InChI is InChI=1S/C17H17IN2O3/c1-19-8-12-6-14(2-4-16(12)21-10-19)23-15-3-5-17-13(7-15)9-20(18)11-22-17/h2-7H,8-11H2,1H3. The van der Waals surface area contributed by atoms with E-state index in [4.69, 9.17) is 14.2 Å². The van der Waals surface area contributed by atoms with Crippen LogP contribution in [-0.4, -0.2) is 28.5 Å². The third-order valence-electron chi connectivity index (χ3n) is 3.88. The minimum atomic E-state index is 0.617. The number of fused-ring (bicyclic) bond motifs is 2. The molecule has 5 nitrogen and oxygen atoms in total. The number of benzene rings is 2. The molecule has 2 heterocycles. The highest BCUT2D eigenvalue weighted by Gasteiger charge is 2.17. The number of ether oxygens (including phenoxy) is 3. The van der Waals surface area contributed by atoms with Crippen LogP contribution in [0.3, 0.4) is 0 Å². The molecule has 2 aliphatic heterocycles. The zero-order chi connectivity index (χ0) is 15.8. The van der Waals surface area contributed by atoms with Crippen LogP contribution in [0.4, 0.5) is 0 Å². The van der Waals surface area contributed by atoms with Crippen molar-refractivity contribution >= 4 is 22.9 Å². The van der Waals surface area contributed by atoms with Gasteiger partial charge in [0.1, 0.15) is 29.7 Å². The van der Waals surface area contributed by atoms with Gasteiger partial charge in [-0.05, 0) is 43.4 Å². The van der Waals surface area contributed by atoms with Crippen LogP contribution in [0.1, 0.15) is 11.1 Å². The number of hydrogen-bond donors (Lipinski definition) is 0. The Labute approximate surface area is 149 Å². The highest BCUT2D eigenvalue weighted by molar-refractivity contribution is 14.1. The molecular weight excluding hydrogens is 407 g/mol. The molecule has 0 N–H and O–H groups in total. The summed E-state index contributed by atoms with van der Waals surface area (Å²) in [6.07, 6.45) is 0. The van der Waals surface area contributed by atoms with Gasteiger partial charge in [-0.2, -0.15) is 0 Å². The van der Waals surface area contributed by atoms with Crippen molar-refractivity contribution in [2.75, 3.05) is 20.5 Å². The van der Waals surface area contributed by atoms with E-state index in [9.17, 15) is 0 Å². The lowest BCUT2D eigenvalue weighted by atomic mass is 10.1. The summed E-state index contributed by atoms with van der Waals surface area (Å²) in [6, 6.07) is 11.9. The maximum absolute atomic E-state index is 6.03. The second kappa shape index (κ2) is 6.18. The molecule has 2 aliphatic rings. The van der Waals surface area contributed by atoms with Crippen molar-refractivity contribution in [1.82, 2.24) is 8.01 Å². The Balaban J connectivity index is 1.56. The zero-order valence-corrected chi connectivity index (χ0v) is 14.9. The van der Waals surface area contributed by atoms with Gasteiger partial charge in [0.15, 0.2) is 6.73 Å². The summed E-state index contributed by atoms with van der Waals surface area (Å²) in [6.45, 7) is 2.97. The lowest BCUT2D eigenvalue weighted by molar-refractivity contribution is 0.121. The van der Waals surface area contributed by atoms with Crippen LogP contribution in [0.25, 0.3) is 0 Å². The molecule has 0 spiro atoms. The van der Waals surface area contributed by atoms with E-state index in [2.05, 4.69) is 30.9 Å². The fourth-order valence-corrected chi connectivity index (χ4v) is 3.30. The molecule has 0 radical (unpaired) electrons. The molecule has 0 aliphatic carbocycles. The highest BCUT2D eigenvalue weighted by Crippen LogP contribution is 2.34. The van der Waals surface area contributed by atoms with Crippen molar-refractivity contribution in [1.29, 1.82) is 0 Å². The van der Waals surface area contributed by atoms with Gasteiger partial charge in [0, 0.05) is 47.1 Å². The van der Waals surface area contributed by atoms with Crippen molar-refractivity contribution in [3.05, 3.63) is 47.5 Å². The van der Waals surface area contributed by atoms with E-state index in [1.165, 1.54) is 0 Å². The second-order valence-corrected chi connectivity index (χ2v) is 7.19. The molecule has 0 aromatic heterocycles. The van der Waals surface area contributed by atoms with Gasteiger partial charge in [0.2, 0.25) is 0 Å². The van der Waals surface area contributed by atoms with E-state index < -0.39 is 0 Å². The molecule has 2 aromatic rings. The molecule has 0 fully saturated rings. The van der Waals surface area contributed by atoms with Gasteiger partial charge in [0.05, 0.1) is 0 Å². The molecule has 4 rings (SSSR count). The van der Waals surface area contributed by atoms with Gasteiger partial charge < -0.3 is 14.2 Å². The van der Waals surface area contributed by atoms with Gasteiger partial charge in [0.25, 0.3) is 0 Å². The van der Waals surface area contributed by atoms with Crippen LogP contribution in [0, 0.1) is 0 Å². The fourth-order valence-electron chi connectivity index (χ4n) is 2.79. The van der Waals surface area contributed by atoms with E-state index in [1.54, 1.807) is 0 Å². The van der Waals surface area contributed by atoms with Gasteiger partial charge in [-0.25, -0.2) is 3.11 Å². The average Bonchev–Trinajstić information content (AvgIpc) is 2.54. The first-order valence-corrected chi connectivity index (χ1v) is 8.42. The van der Waals surface area contributed by atoms with Gasteiger partial charge >= 0.3 is 0 Å². The summed E-state index contributed by atoms with van der Waals surface area (Å²) < 4.78 is 19.5. The molecule has 0 saturated carbocycles. The Morgan fingerprint density at radius 1 is 0.913 bits per heavy atom. The average molecular weight is 424 g/mol. The minimum absolute atomic E-state index is 0.617. The molecule has 2 aromatic carbocycles. The molecule has 120 valence electrons. The summed E-state index contributed by atoms with van der Waals surface area (Å²) in [5.41, 5.74) is 2.29. The third kappa shape index (κ3) is 3.24. The first-order chi connectivity index (χ1) is 11.2. The predicted molar refractivity (Wildman–Crippen MR) is 95.0 cm³/mol. The molecule has 0 saturated heterocycles. The number of nitrogens with zero attached hydrogens (tertiary/aromatic N) is 2. The van der Waals surface area contributed by atoms with Crippen LogP contribution in [-0.2, 0) is 13.1 Å². The summed E-state index contributed by atoms with van der Waals surface area (Å²) >= 11 is 2.26.